The normalized spacial score (nSPS) is 11.0. The maximum absolute atomic E-state index is 13.5. The summed E-state index contributed by atoms with van der Waals surface area (Å²) < 4.78 is 3.07. The lowest BCUT2D eigenvalue weighted by Crippen LogP contribution is -2.28. The van der Waals surface area contributed by atoms with E-state index in [2.05, 4.69) is 77.7 Å². The number of aromatic nitrogens is 1. The van der Waals surface area contributed by atoms with Gasteiger partial charge in [0.25, 0.3) is 5.91 Å². The number of benzene rings is 3. The molecule has 1 N–H and O–H groups in total. The Hall–Kier alpha value is -2.53. The smallest absolute Gasteiger partial charge is 0.268 e. The van der Waals surface area contributed by atoms with Gasteiger partial charge in [-0.1, -0.05) is 87.2 Å². The monoisotopic (exact) mass is 554 g/mol. The summed E-state index contributed by atoms with van der Waals surface area (Å²) in [5.74, 6) is -0.0964. The first-order valence-corrected chi connectivity index (χ1v) is 12.6. The Balaban J connectivity index is 1.62. The Kier molecular flexibility index (Phi) is 7.82. The molecule has 0 aliphatic rings. The third-order valence-corrected chi connectivity index (χ3v) is 7.04. The van der Waals surface area contributed by atoms with Crippen molar-refractivity contribution in [2.75, 3.05) is 6.54 Å². The molecule has 0 aliphatic heterocycles. The van der Waals surface area contributed by atoms with Crippen LogP contribution >= 0.6 is 39.1 Å². The molecule has 0 atom stereocenters. The lowest BCUT2D eigenvalue weighted by molar-refractivity contribution is 0.0946. The molecule has 0 saturated heterocycles. The number of nitrogens with zero attached hydrogens (tertiary/aromatic N) is 1. The highest BCUT2D eigenvalue weighted by Gasteiger charge is 2.21. The molecule has 0 saturated carbocycles. The second kappa shape index (κ2) is 10.8. The van der Waals surface area contributed by atoms with Gasteiger partial charge in [0.15, 0.2) is 0 Å². The van der Waals surface area contributed by atoms with Crippen molar-refractivity contribution in [1.82, 2.24) is 9.88 Å². The predicted molar refractivity (Wildman–Crippen MR) is 145 cm³/mol. The molecule has 4 rings (SSSR count). The predicted octanol–water partition coefficient (Wildman–Crippen LogP) is 7.86. The highest BCUT2D eigenvalue weighted by atomic mass is 79.9. The third-order valence-electron chi connectivity index (χ3n) is 5.77. The Bertz CT molecular complexity index is 1310. The fourth-order valence-corrected chi connectivity index (χ4v) is 4.62. The first-order chi connectivity index (χ1) is 16.3. The van der Waals surface area contributed by atoms with Crippen molar-refractivity contribution in [3.8, 4) is 11.1 Å². The van der Waals surface area contributed by atoms with Crippen molar-refractivity contribution in [1.29, 1.82) is 0 Å². The highest BCUT2D eigenvalue weighted by Crippen LogP contribution is 2.30. The van der Waals surface area contributed by atoms with Crippen molar-refractivity contribution in [2.24, 2.45) is 0 Å². The number of amides is 1. The van der Waals surface area contributed by atoms with E-state index in [-0.39, 0.29) is 5.91 Å². The van der Waals surface area contributed by atoms with Gasteiger partial charge in [0.05, 0.1) is 10.0 Å². The van der Waals surface area contributed by atoms with Crippen LogP contribution < -0.4 is 5.32 Å². The van der Waals surface area contributed by atoms with E-state index < -0.39 is 0 Å². The molecule has 1 heterocycles. The lowest BCUT2D eigenvalue weighted by atomic mass is 10.0. The minimum atomic E-state index is -0.0964. The van der Waals surface area contributed by atoms with Gasteiger partial charge in [-0.3, -0.25) is 4.79 Å². The van der Waals surface area contributed by atoms with Gasteiger partial charge in [-0.25, -0.2) is 0 Å². The Labute approximate surface area is 218 Å². The molecule has 1 aromatic heterocycles. The van der Waals surface area contributed by atoms with Gasteiger partial charge in [0.1, 0.15) is 5.69 Å². The van der Waals surface area contributed by atoms with Gasteiger partial charge in [-0.05, 0) is 66.8 Å². The van der Waals surface area contributed by atoms with E-state index in [1.54, 1.807) is 6.07 Å². The summed E-state index contributed by atoms with van der Waals surface area (Å²) in [5, 5.41) is 4.15. The zero-order chi connectivity index (χ0) is 24.2. The van der Waals surface area contributed by atoms with Crippen LogP contribution in [0.4, 0.5) is 0 Å². The zero-order valence-electron chi connectivity index (χ0n) is 19.0. The van der Waals surface area contributed by atoms with E-state index in [9.17, 15) is 4.79 Å². The van der Waals surface area contributed by atoms with Gasteiger partial charge < -0.3 is 9.88 Å². The molecule has 34 heavy (non-hydrogen) atoms. The molecule has 1 amide bonds. The van der Waals surface area contributed by atoms with Gasteiger partial charge in [0.2, 0.25) is 0 Å². The van der Waals surface area contributed by atoms with Gasteiger partial charge in [-0.15, -0.1) is 0 Å². The van der Waals surface area contributed by atoms with Crippen LogP contribution in [-0.4, -0.2) is 17.0 Å². The summed E-state index contributed by atoms with van der Waals surface area (Å²) in [6.45, 7) is 5.22. The molecule has 3 nitrogen and oxygen atoms in total. The third kappa shape index (κ3) is 5.75. The minimum Gasteiger partial charge on any atom is -0.350 e. The van der Waals surface area contributed by atoms with E-state index in [0.29, 0.717) is 35.2 Å². The van der Waals surface area contributed by atoms with Crippen LogP contribution in [0.1, 0.15) is 32.7 Å². The molecule has 0 unspecified atom stereocenters. The van der Waals surface area contributed by atoms with Crippen LogP contribution in [0.5, 0.6) is 0 Å². The molecule has 0 fully saturated rings. The highest BCUT2D eigenvalue weighted by molar-refractivity contribution is 9.10. The van der Waals surface area contributed by atoms with E-state index >= 15 is 0 Å². The first kappa shape index (κ1) is 24.6. The lowest BCUT2D eigenvalue weighted by Gasteiger charge is -2.13. The number of halogens is 3. The van der Waals surface area contributed by atoms with Crippen LogP contribution in [0.2, 0.25) is 10.0 Å². The molecule has 0 radical (unpaired) electrons. The van der Waals surface area contributed by atoms with Crippen molar-refractivity contribution in [3.63, 3.8) is 0 Å². The van der Waals surface area contributed by atoms with E-state index in [1.165, 1.54) is 5.56 Å². The fraction of sp³-hybridized carbons (Fsp3) is 0.179. The van der Waals surface area contributed by atoms with Crippen molar-refractivity contribution in [2.45, 2.75) is 26.8 Å². The van der Waals surface area contributed by atoms with Crippen molar-refractivity contribution >= 4 is 45.0 Å². The van der Waals surface area contributed by atoms with Crippen LogP contribution in [0, 0.1) is 13.8 Å². The van der Waals surface area contributed by atoms with Crippen LogP contribution in [0.3, 0.4) is 0 Å². The summed E-state index contributed by atoms with van der Waals surface area (Å²) >= 11 is 15.6. The number of carbonyl (C=O) groups excluding carboxylic acids is 1. The SMILES string of the molecule is Cc1ccc(-c2c(C)cn(Cc3ccc(Br)cc3)c2C(=O)NCCc2ccc(Cl)c(Cl)c2)cc1. The Morgan fingerprint density at radius 3 is 2.26 bits per heavy atom. The average molecular weight is 556 g/mol. The average Bonchev–Trinajstić information content (AvgIpc) is 3.13. The molecule has 0 spiro atoms. The number of hydrogen-bond acceptors (Lipinski definition) is 1. The van der Waals surface area contributed by atoms with Crippen LogP contribution in [-0.2, 0) is 13.0 Å². The summed E-state index contributed by atoms with van der Waals surface area (Å²) in [6.07, 6.45) is 2.72. The van der Waals surface area contributed by atoms with E-state index in [0.717, 1.165) is 32.3 Å². The number of aryl methyl sites for hydroxylation is 2. The largest absolute Gasteiger partial charge is 0.350 e. The molecule has 0 bridgehead atoms. The fourth-order valence-electron chi connectivity index (χ4n) is 4.03. The minimum absolute atomic E-state index is 0.0964. The molecule has 3 aromatic carbocycles. The van der Waals surface area contributed by atoms with Crippen molar-refractivity contribution in [3.05, 3.63) is 115 Å². The summed E-state index contributed by atoms with van der Waals surface area (Å²) in [7, 11) is 0. The molecule has 0 aliphatic carbocycles. The number of carbonyl (C=O) groups is 1. The quantitative estimate of drug-likeness (QED) is 0.247. The number of nitrogens with one attached hydrogen (secondary N) is 1. The molecular weight excluding hydrogens is 531 g/mol. The van der Waals surface area contributed by atoms with Gasteiger partial charge in [-0.2, -0.15) is 0 Å². The zero-order valence-corrected chi connectivity index (χ0v) is 22.1. The van der Waals surface area contributed by atoms with E-state index in [4.69, 9.17) is 23.2 Å². The van der Waals surface area contributed by atoms with Crippen molar-refractivity contribution < 1.29 is 4.79 Å². The van der Waals surface area contributed by atoms with Crippen LogP contribution in [0.25, 0.3) is 11.1 Å². The number of rotatable bonds is 7. The first-order valence-electron chi connectivity index (χ1n) is 11.0. The van der Waals surface area contributed by atoms with Gasteiger partial charge in [0, 0.05) is 29.3 Å². The number of hydrogen-bond donors (Lipinski definition) is 1. The Morgan fingerprint density at radius 2 is 1.59 bits per heavy atom. The maximum Gasteiger partial charge on any atom is 0.268 e. The molecule has 6 heteroatoms. The molecular formula is C28H25BrCl2N2O. The second-order valence-corrected chi connectivity index (χ2v) is 10.1. The summed E-state index contributed by atoms with van der Waals surface area (Å²) in [6, 6.07) is 22.0. The molecule has 4 aromatic rings. The Morgan fingerprint density at radius 1 is 0.912 bits per heavy atom. The van der Waals surface area contributed by atoms with Gasteiger partial charge >= 0.3 is 0 Å². The topological polar surface area (TPSA) is 34.0 Å². The summed E-state index contributed by atoms with van der Waals surface area (Å²) in [5.41, 5.74) is 7.06. The maximum atomic E-state index is 13.5. The van der Waals surface area contributed by atoms with E-state index in [1.807, 2.05) is 28.8 Å². The molecule has 174 valence electrons. The standard InChI is InChI=1S/C28H25BrCl2N2O/c1-18-3-8-22(9-4-18)26-19(2)16-33(17-21-5-10-23(29)11-6-21)27(26)28(34)32-14-13-20-7-12-24(30)25(31)15-20/h3-12,15-16H,13-14,17H2,1-2H3,(H,32,34). The summed E-state index contributed by atoms with van der Waals surface area (Å²) in [4.78, 5) is 13.5. The second-order valence-electron chi connectivity index (χ2n) is 8.41. The van der Waals surface area contributed by atoms with Crippen LogP contribution in [0.15, 0.2) is 77.4 Å².